The van der Waals surface area contributed by atoms with Gasteiger partial charge < -0.3 is 10.2 Å². The molecule has 1 aromatic rings. The largest absolute Gasteiger partial charge is 0.324 e. The fraction of sp³-hybridized carbons (Fsp3) is 0.500. The molecular weight excluding hydrogens is 303 g/mol. The molecule has 1 aromatic carbocycles. The first kappa shape index (κ1) is 16.8. The maximum absolute atomic E-state index is 12.9. The second kappa shape index (κ2) is 6.69. The van der Waals surface area contributed by atoms with Crippen LogP contribution in [-0.2, 0) is 9.59 Å². The lowest BCUT2D eigenvalue weighted by molar-refractivity contribution is -0.137. The van der Waals surface area contributed by atoms with E-state index < -0.39 is 6.04 Å². The molecule has 4 nitrogen and oxygen atoms in total. The number of halogens is 1. The predicted molar refractivity (Wildman–Crippen MR) is 87.1 cm³/mol. The van der Waals surface area contributed by atoms with Crippen LogP contribution >= 0.6 is 11.8 Å². The minimum Gasteiger partial charge on any atom is -0.324 e. The first-order valence-electron chi connectivity index (χ1n) is 7.20. The van der Waals surface area contributed by atoms with Gasteiger partial charge in [0, 0.05) is 17.9 Å². The van der Waals surface area contributed by atoms with Gasteiger partial charge in [-0.3, -0.25) is 9.59 Å². The molecule has 22 heavy (non-hydrogen) atoms. The van der Waals surface area contributed by atoms with Gasteiger partial charge in [-0.05, 0) is 29.7 Å². The van der Waals surface area contributed by atoms with E-state index in [1.165, 1.54) is 24.3 Å². The van der Waals surface area contributed by atoms with Crippen LogP contribution in [0.3, 0.4) is 0 Å². The lowest BCUT2D eigenvalue weighted by Gasteiger charge is -2.26. The van der Waals surface area contributed by atoms with Crippen molar-refractivity contribution in [3.05, 3.63) is 30.1 Å². The third-order valence-electron chi connectivity index (χ3n) is 3.30. The van der Waals surface area contributed by atoms with Crippen LogP contribution in [0.15, 0.2) is 24.3 Å². The number of hydrogen-bond donors (Lipinski definition) is 1. The van der Waals surface area contributed by atoms with E-state index in [9.17, 15) is 14.0 Å². The predicted octanol–water partition coefficient (Wildman–Crippen LogP) is 3.10. The third kappa shape index (κ3) is 4.47. The van der Waals surface area contributed by atoms with Crippen LogP contribution in [0.5, 0.6) is 0 Å². The van der Waals surface area contributed by atoms with Crippen molar-refractivity contribution >= 4 is 29.3 Å². The average Bonchev–Trinajstić information content (AvgIpc) is 2.89. The van der Waals surface area contributed by atoms with E-state index >= 15 is 0 Å². The highest BCUT2D eigenvalue weighted by atomic mass is 32.2. The number of rotatable bonds is 3. The average molecular weight is 324 g/mol. The summed E-state index contributed by atoms with van der Waals surface area (Å²) in [5, 5.41) is 2.75. The highest BCUT2D eigenvalue weighted by molar-refractivity contribution is 7.99. The van der Waals surface area contributed by atoms with Crippen molar-refractivity contribution in [2.24, 2.45) is 5.41 Å². The number of carbonyl (C=O) groups excluding carboxylic acids is 2. The van der Waals surface area contributed by atoms with Crippen molar-refractivity contribution < 1.29 is 14.0 Å². The second-order valence-electron chi connectivity index (χ2n) is 6.61. The summed E-state index contributed by atoms with van der Waals surface area (Å²) in [6, 6.07) is 5.14. The van der Waals surface area contributed by atoms with Crippen molar-refractivity contribution in [2.75, 3.05) is 16.9 Å². The molecule has 1 aliphatic rings. The van der Waals surface area contributed by atoms with Crippen molar-refractivity contribution in [1.29, 1.82) is 0 Å². The van der Waals surface area contributed by atoms with Crippen LogP contribution in [0.25, 0.3) is 0 Å². The Morgan fingerprint density at radius 3 is 2.55 bits per heavy atom. The summed E-state index contributed by atoms with van der Waals surface area (Å²) >= 11 is 1.57. The molecular formula is C16H21FN2O2S. The summed E-state index contributed by atoms with van der Waals surface area (Å²) in [4.78, 5) is 26.4. The zero-order chi connectivity index (χ0) is 16.3. The lowest BCUT2D eigenvalue weighted by atomic mass is 9.91. The lowest BCUT2D eigenvalue weighted by Crippen LogP contribution is -2.45. The first-order chi connectivity index (χ1) is 10.3. The van der Waals surface area contributed by atoms with Gasteiger partial charge in [-0.2, -0.15) is 0 Å². The monoisotopic (exact) mass is 324 g/mol. The van der Waals surface area contributed by atoms with Gasteiger partial charge in [0.05, 0.1) is 5.88 Å². The number of anilines is 1. The molecule has 0 bridgehead atoms. The van der Waals surface area contributed by atoms with Crippen LogP contribution in [0.2, 0.25) is 0 Å². The molecule has 120 valence electrons. The number of benzene rings is 1. The van der Waals surface area contributed by atoms with E-state index in [2.05, 4.69) is 5.32 Å². The Labute approximate surface area is 134 Å². The summed E-state index contributed by atoms with van der Waals surface area (Å²) in [7, 11) is 0. The molecule has 1 fully saturated rings. The highest BCUT2D eigenvalue weighted by Crippen LogP contribution is 2.27. The van der Waals surface area contributed by atoms with Gasteiger partial charge in [-0.15, -0.1) is 11.8 Å². The van der Waals surface area contributed by atoms with Crippen molar-refractivity contribution in [3.8, 4) is 0 Å². The molecule has 1 aliphatic heterocycles. The van der Waals surface area contributed by atoms with Crippen LogP contribution in [-0.4, -0.2) is 34.4 Å². The van der Waals surface area contributed by atoms with E-state index in [0.717, 1.165) is 0 Å². The number of nitrogens with zero attached hydrogens (tertiary/aromatic N) is 1. The summed E-state index contributed by atoms with van der Waals surface area (Å²) < 4.78 is 12.9. The van der Waals surface area contributed by atoms with Gasteiger partial charge in [-0.25, -0.2) is 4.39 Å². The maximum Gasteiger partial charge on any atom is 0.248 e. The van der Waals surface area contributed by atoms with E-state index in [0.29, 0.717) is 23.7 Å². The molecule has 0 aromatic heterocycles. The topological polar surface area (TPSA) is 49.4 Å². The molecule has 0 aliphatic carbocycles. The molecule has 1 saturated heterocycles. The van der Waals surface area contributed by atoms with Crippen LogP contribution in [0.4, 0.5) is 10.1 Å². The summed E-state index contributed by atoms with van der Waals surface area (Å²) in [6.45, 7) is 6.01. The second-order valence-corrected chi connectivity index (χ2v) is 7.61. The van der Waals surface area contributed by atoms with Gasteiger partial charge in [-0.1, -0.05) is 20.8 Å². The van der Waals surface area contributed by atoms with E-state index in [1.807, 2.05) is 20.8 Å². The molecule has 0 radical (unpaired) electrons. The summed E-state index contributed by atoms with van der Waals surface area (Å²) in [5.74, 6) is 0.548. The molecule has 2 amide bonds. The van der Waals surface area contributed by atoms with Gasteiger partial charge in [0.1, 0.15) is 11.9 Å². The zero-order valence-corrected chi connectivity index (χ0v) is 13.9. The third-order valence-corrected chi connectivity index (χ3v) is 4.31. The SMILES string of the molecule is CC(C)(C)CC(=O)N1CSCC1C(=O)Nc1ccc(F)cc1. The standard InChI is InChI=1S/C16H21FN2O2S/c1-16(2,3)8-14(20)19-10-22-9-13(19)15(21)18-12-6-4-11(17)5-7-12/h4-7,13H,8-10H2,1-3H3,(H,18,21). The Balaban J connectivity index is 2.01. The fourth-order valence-corrected chi connectivity index (χ4v) is 3.40. The van der Waals surface area contributed by atoms with Gasteiger partial charge in [0.25, 0.3) is 0 Å². The molecule has 2 rings (SSSR count). The molecule has 1 atom stereocenters. The minimum atomic E-state index is -0.468. The zero-order valence-electron chi connectivity index (χ0n) is 13.1. The van der Waals surface area contributed by atoms with Crippen molar-refractivity contribution in [3.63, 3.8) is 0 Å². The number of thioether (sulfide) groups is 1. The molecule has 1 unspecified atom stereocenters. The Morgan fingerprint density at radius 2 is 1.95 bits per heavy atom. The maximum atomic E-state index is 12.9. The smallest absolute Gasteiger partial charge is 0.248 e. The molecule has 0 saturated carbocycles. The van der Waals surface area contributed by atoms with Crippen LogP contribution in [0.1, 0.15) is 27.2 Å². The quantitative estimate of drug-likeness (QED) is 0.929. The number of nitrogens with one attached hydrogen (secondary N) is 1. The molecule has 0 spiro atoms. The van der Waals surface area contributed by atoms with Gasteiger partial charge >= 0.3 is 0 Å². The number of amides is 2. The van der Waals surface area contributed by atoms with E-state index in [4.69, 9.17) is 0 Å². The summed E-state index contributed by atoms with van der Waals surface area (Å²) in [5.41, 5.74) is 0.425. The molecule has 6 heteroatoms. The molecule has 1 N–H and O–H groups in total. The van der Waals surface area contributed by atoms with E-state index in [-0.39, 0.29) is 23.0 Å². The Hall–Kier alpha value is -1.56. The van der Waals surface area contributed by atoms with Crippen molar-refractivity contribution in [1.82, 2.24) is 4.90 Å². The first-order valence-corrected chi connectivity index (χ1v) is 8.35. The Kier molecular flexibility index (Phi) is 5.11. The molecule has 1 heterocycles. The fourth-order valence-electron chi connectivity index (χ4n) is 2.22. The summed E-state index contributed by atoms with van der Waals surface area (Å²) in [6.07, 6.45) is 0.411. The highest BCUT2D eigenvalue weighted by Gasteiger charge is 2.35. The van der Waals surface area contributed by atoms with Crippen LogP contribution in [0, 0.1) is 11.2 Å². The Morgan fingerprint density at radius 1 is 1.32 bits per heavy atom. The van der Waals surface area contributed by atoms with Crippen LogP contribution < -0.4 is 5.32 Å². The normalized spacial score (nSPS) is 18.4. The number of hydrogen-bond acceptors (Lipinski definition) is 3. The minimum absolute atomic E-state index is 0.00300. The van der Waals surface area contributed by atoms with Gasteiger partial charge in [0.15, 0.2) is 0 Å². The number of carbonyl (C=O) groups is 2. The van der Waals surface area contributed by atoms with E-state index in [1.54, 1.807) is 16.7 Å². The Bertz CT molecular complexity index is 554. The van der Waals surface area contributed by atoms with Gasteiger partial charge in [0.2, 0.25) is 11.8 Å². The van der Waals surface area contributed by atoms with Crippen molar-refractivity contribution in [2.45, 2.75) is 33.2 Å².